The zero-order valence-corrected chi connectivity index (χ0v) is 15.8. The van der Waals surface area contributed by atoms with Crippen molar-refractivity contribution in [1.29, 1.82) is 0 Å². The maximum Gasteiger partial charge on any atom is 0.573 e. The van der Waals surface area contributed by atoms with E-state index in [1.165, 1.54) is 24.4 Å². The highest BCUT2D eigenvalue weighted by atomic mass is 35.5. The van der Waals surface area contributed by atoms with Crippen LogP contribution < -0.4 is 10.5 Å². The van der Waals surface area contributed by atoms with Gasteiger partial charge in [0.15, 0.2) is 0 Å². The van der Waals surface area contributed by atoms with Crippen LogP contribution in [0.3, 0.4) is 0 Å². The van der Waals surface area contributed by atoms with Crippen molar-refractivity contribution in [3.63, 3.8) is 0 Å². The molecule has 0 aliphatic carbocycles. The van der Waals surface area contributed by atoms with Crippen LogP contribution in [-0.2, 0) is 6.42 Å². The lowest BCUT2D eigenvalue weighted by molar-refractivity contribution is -0.274. The Kier molecular flexibility index (Phi) is 5.43. The van der Waals surface area contributed by atoms with Crippen molar-refractivity contribution in [2.45, 2.75) is 38.1 Å². The van der Waals surface area contributed by atoms with Gasteiger partial charge in [-0.25, -0.2) is 4.98 Å². The molecule has 1 unspecified atom stereocenters. The highest BCUT2D eigenvalue weighted by Crippen LogP contribution is 2.34. The molecule has 0 spiro atoms. The van der Waals surface area contributed by atoms with Gasteiger partial charge in [-0.2, -0.15) is 0 Å². The van der Waals surface area contributed by atoms with E-state index in [9.17, 15) is 18.0 Å². The van der Waals surface area contributed by atoms with Gasteiger partial charge >= 0.3 is 6.36 Å². The fourth-order valence-electron chi connectivity index (χ4n) is 3.52. The number of rotatable bonds is 4. The van der Waals surface area contributed by atoms with E-state index in [1.807, 2.05) is 6.92 Å². The maximum atomic E-state index is 13.0. The lowest BCUT2D eigenvalue weighted by atomic mass is 9.89. The van der Waals surface area contributed by atoms with E-state index in [1.54, 1.807) is 17.0 Å². The van der Waals surface area contributed by atoms with E-state index in [-0.39, 0.29) is 22.5 Å². The summed E-state index contributed by atoms with van der Waals surface area (Å²) in [5, 5.41) is 0.215. The molecule has 0 bridgehead atoms. The molecule has 1 aromatic carbocycles. The molecule has 1 atom stereocenters. The minimum absolute atomic E-state index is 0.156. The lowest BCUT2D eigenvalue weighted by Gasteiger charge is -2.35. The molecule has 28 heavy (non-hydrogen) atoms. The molecule has 9 heteroatoms. The molecule has 2 heterocycles. The SMILES string of the molecule is CC1(Cc2ccc(OC(F)(F)F)cc2)CCCN1C(=O)c1cnc(N)c(Cl)c1. The Morgan fingerprint density at radius 3 is 2.64 bits per heavy atom. The molecule has 2 aromatic rings. The number of hydrogen-bond donors (Lipinski definition) is 1. The molecule has 0 saturated carbocycles. The fourth-order valence-corrected chi connectivity index (χ4v) is 3.69. The number of carbonyl (C=O) groups is 1. The summed E-state index contributed by atoms with van der Waals surface area (Å²) in [4.78, 5) is 18.7. The molecular formula is C19H19ClF3N3O2. The lowest BCUT2D eigenvalue weighted by Crippen LogP contribution is -2.46. The topological polar surface area (TPSA) is 68.5 Å². The Labute approximate surface area is 165 Å². The minimum Gasteiger partial charge on any atom is -0.406 e. The normalized spacial score (nSPS) is 19.7. The third-order valence-electron chi connectivity index (χ3n) is 4.85. The summed E-state index contributed by atoms with van der Waals surface area (Å²) in [5.41, 5.74) is 6.28. The van der Waals surface area contributed by atoms with Crippen molar-refractivity contribution in [3.8, 4) is 5.75 Å². The molecule has 1 aliphatic rings. The van der Waals surface area contributed by atoms with Crippen LogP contribution in [0.1, 0.15) is 35.7 Å². The van der Waals surface area contributed by atoms with Crippen LogP contribution in [-0.4, -0.2) is 34.2 Å². The maximum absolute atomic E-state index is 13.0. The fraction of sp³-hybridized carbons (Fsp3) is 0.368. The summed E-state index contributed by atoms with van der Waals surface area (Å²) in [7, 11) is 0. The summed E-state index contributed by atoms with van der Waals surface area (Å²) in [6, 6.07) is 7.20. The summed E-state index contributed by atoms with van der Waals surface area (Å²) >= 11 is 5.98. The van der Waals surface area contributed by atoms with Gasteiger partial charge in [-0.1, -0.05) is 23.7 Å². The molecule has 1 aliphatic heterocycles. The quantitative estimate of drug-likeness (QED) is 0.803. The molecule has 0 radical (unpaired) electrons. The minimum atomic E-state index is -4.73. The first-order valence-electron chi connectivity index (χ1n) is 8.65. The van der Waals surface area contributed by atoms with Crippen LogP contribution in [0.5, 0.6) is 5.75 Å². The second-order valence-corrected chi connectivity index (χ2v) is 7.42. The van der Waals surface area contributed by atoms with Gasteiger partial charge in [-0.15, -0.1) is 13.2 Å². The third kappa shape index (κ3) is 4.49. The highest BCUT2D eigenvalue weighted by Gasteiger charge is 2.40. The number of halogens is 4. The monoisotopic (exact) mass is 413 g/mol. The number of likely N-dealkylation sites (tertiary alicyclic amines) is 1. The number of nitrogens with zero attached hydrogens (tertiary/aromatic N) is 2. The molecule has 1 aromatic heterocycles. The zero-order chi connectivity index (χ0) is 20.5. The van der Waals surface area contributed by atoms with Gasteiger partial charge < -0.3 is 15.4 Å². The average Bonchev–Trinajstić information content (AvgIpc) is 2.98. The van der Waals surface area contributed by atoms with Crippen molar-refractivity contribution >= 4 is 23.3 Å². The number of anilines is 1. The molecular weight excluding hydrogens is 395 g/mol. The molecule has 5 nitrogen and oxygen atoms in total. The van der Waals surface area contributed by atoms with Gasteiger partial charge in [0.05, 0.1) is 10.6 Å². The second kappa shape index (κ2) is 7.50. The van der Waals surface area contributed by atoms with Gasteiger partial charge in [0, 0.05) is 18.3 Å². The molecule has 150 valence electrons. The van der Waals surface area contributed by atoms with E-state index in [0.717, 1.165) is 18.4 Å². The van der Waals surface area contributed by atoms with Gasteiger partial charge in [-0.05, 0) is 49.9 Å². The largest absolute Gasteiger partial charge is 0.573 e. The van der Waals surface area contributed by atoms with Crippen LogP contribution in [0.15, 0.2) is 36.5 Å². The zero-order valence-electron chi connectivity index (χ0n) is 15.1. The number of pyridine rings is 1. The summed E-state index contributed by atoms with van der Waals surface area (Å²) < 4.78 is 40.8. The molecule has 1 fully saturated rings. The van der Waals surface area contributed by atoms with Gasteiger partial charge in [-0.3, -0.25) is 4.79 Å². The third-order valence-corrected chi connectivity index (χ3v) is 5.16. The Morgan fingerprint density at radius 2 is 2.04 bits per heavy atom. The molecule has 1 saturated heterocycles. The smallest absolute Gasteiger partial charge is 0.406 e. The van der Waals surface area contributed by atoms with Gasteiger partial charge in [0.2, 0.25) is 0 Å². The first kappa shape index (κ1) is 20.3. The van der Waals surface area contributed by atoms with Crippen molar-refractivity contribution in [1.82, 2.24) is 9.88 Å². The van der Waals surface area contributed by atoms with Crippen LogP contribution in [0.2, 0.25) is 5.02 Å². The molecule has 1 amide bonds. The number of benzene rings is 1. The molecule has 2 N–H and O–H groups in total. The number of alkyl halides is 3. The Hall–Kier alpha value is -2.48. The van der Waals surface area contributed by atoms with E-state index >= 15 is 0 Å². The van der Waals surface area contributed by atoms with E-state index in [4.69, 9.17) is 17.3 Å². The number of nitrogens with two attached hydrogens (primary N) is 1. The number of aromatic nitrogens is 1. The van der Waals surface area contributed by atoms with Gasteiger partial charge in [0.25, 0.3) is 5.91 Å². The standard InChI is InChI=1S/C19H19ClF3N3O2/c1-18(10-12-3-5-14(6-4-12)28-19(21,22)23)7-2-8-26(18)17(27)13-9-15(20)16(24)25-11-13/h3-6,9,11H,2,7-8,10H2,1H3,(H2,24,25). The van der Waals surface area contributed by atoms with Crippen molar-refractivity contribution in [2.24, 2.45) is 0 Å². The second-order valence-electron chi connectivity index (χ2n) is 7.02. The molecule has 3 rings (SSSR count). The first-order valence-corrected chi connectivity index (χ1v) is 9.03. The van der Waals surface area contributed by atoms with E-state index in [0.29, 0.717) is 18.5 Å². The number of amides is 1. The van der Waals surface area contributed by atoms with Crippen molar-refractivity contribution < 1.29 is 22.7 Å². The summed E-state index contributed by atoms with van der Waals surface area (Å²) in [6.45, 7) is 2.54. The first-order chi connectivity index (χ1) is 13.1. The summed E-state index contributed by atoms with van der Waals surface area (Å²) in [6.07, 6.45) is -1.23. The van der Waals surface area contributed by atoms with Crippen molar-refractivity contribution in [2.75, 3.05) is 12.3 Å². The van der Waals surface area contributed by atoms with E-state index < -0.39 is 11.9 Å². The number of ether oxygens (including phenoxy) is 1. The highest BCUT2D eigenvalue weighted by molar-refractivity contribution is 6.33. The Bertz CT molecular complexity index is 874. The summed E-state index contributed by atoms with van der Waals surface area (Å²) in [5.74, 6) is -0.321. The average molecular weight is 414 g/mol. The Morgan fingerprint density at radius 1 is 1.36 bits per heavy atom. The predicted octanol–water partition coefficient (Wildman–Crippen LogP) is 4.45. The van der Waals surface area contributed by atoms with Crippen LogP contribution in [0.4, 0.5) is 19.0 Å². The van der Waals surface area contributed by atoms with Crippen LogP contribution >= 0.6 is 11.6 Å². The number of nitrogen functional groups attached to an aromatic ring is 1. The number of carbonyl (C=O) groups excluding carboxylic acids is 1. The van der Waals surface area contributed by atoms with Crippen LogP contribution in [0, 0.1) is 0 Å². The van der Waals surface area contributed by atoms with Gasteiger partial charge in [0.1, 0.15) is 11.6 Å². The van der Waals surface area contributed by atoms with Crippen molar-refractivity contribution in [3.05, 3.63) is 52.7 Å². The predicted molar refractivity (Wildman–Crippen MR) is 99.2 cm³/mol. The van der Waals surface area contributed by atoms with E-state index in [2.05, 4.69) is 9.72 Å². The van der Waals surface area contributed by atoms with Crippen LogP contribution in [0.25, 0.3) is 0 Å². The number of hydrogen-bond acceptors (Lipinski definition) is 4. The Balaban J connectivity index is 1.76.